The zero-order valence-corrected chi connectivity index (χ0v) is 24.2. The minimum Gasteiger partial charge on any atom is -0.497 e. The van der Waals surface area contributed by atoms with Gasteiger partial charge in [0, 0.05) is 13.6 Å². The summed E-state index contributed by atoms with van der Waals surface area (Å²) < 4.78 is 34.2. The fraction of sp³-hybridized carbons (Fsp3) is 0.333. The molecular formula is C30H37N3O5S. The van der Waals surface area contributed by atoms with Gasteiger partial charge in [-0.2, -0.15) is 0 Å². The molecule has 8 nitrogen and oxygen atoms in total. The molecule has 0 aliphatic heterocycles. The maximum absolute atomic E-state index is 14.0. The Labute approximate surface area is 231 Å². The van der Waals surface area contributed by atoms with Gasteiger partial charge in [0.25, 0.3) is 10.0 Å². The number of carbonyl (C=O) groups excluding carboxylic acids is 2. The highest BCUT2D eigenvalue weighted by Crippen LogP contribution is 2.27. The number of likely N-dealkylation sites (N-methyl/N-ethyl adjacent to an activating group) is 1. The molecule has 0 spiro atoms. The summed E-state index contributed by atoms with van der Waals surface area (Å²) in [7, 11) is -1.01. The molecule has 0 radical (unpaired) electrons. The quantitative estimate of drug-likeness (QED) is 0.382. The summed E-state index contributed by atoms with van der Waals surface area (Å²) in [6, 6.07) is 18.2. The van der Waals surface area contributed by atoms with Crippen molar-refractivity contribution in [3.8, 4) is 5.75 Å². The fourth-order valence-electron chi connectivity index (χ4n) is 4.26. The van der Waals surface area contributed by atoms with Crippen molar-refractivity contribution >= 4 is 27.5 Å². The Morgan fingerprint density at radius 1 is 0.923 bits per heavy atom. The summed E-state index contributed by atoms with van der Waals surface area (Å²) >= 11 is 0. The molecule has 208 valence electrons. The van der Waals surface area contributed by atoms with Gasteiger partial charge in [0.15, 0.2) is 0 Å². The van der Waals surface area contributed by atoms with Gasteiger partial charge in [0.1, 0.15) is 18.3 Å². The Balaban J connectivity index is 2.07. The van der Waals surface area contributed by atoms with E-state index in [1.165, 1.54) is 24.1 Å². The Morgan fingerprint density at radius 3 is 2.10 bits per heavy atom. The van der Waals surface area contributed by atoms with Gasteiger partial charge < -0.3 is 15.0 Å². The number of rotatable bonds is 11. The number of hydrogen-bond donors (Lipinski definition) is 1. The van der Waals surface area contributed by atoms with Gasteiger partial charge in [-0.05, 0) is 80.3 Å². The van der Waals surface area contributed by atoms with E-state index in [1.807, 2.05) is 45.9 Å². The van der Waals surface area contributed by atoms with E-state index in [-0.39, 0.29) is 17.3 Å². The standard InChI is InChI=1S/C30H37N3O5S/c1-7-28(30(35)31-5)32(19-24-11-14-26(38-6)15-12-24)29(34)20-33(25-13-10-22(3)23(4)18-25)39(36,37)27-16-8-21(2)9-17-27/h8-18,28H,7,19-20H2,1-6H3,(H,31,35)/t28-/m1/s1. The zero-order valence-electron chi connectivity index (χ0n) is 23.4. The van der Waals surface area contributed by atoms with Crippen LogP contribution in [-0.2, 0) is 26.2 Å². The van der Waals surface area contributed by atoms with Crippen LogP contribution in [0.4, 0.5) is 5.69 Å². The van der Waals surface area contributed by atoms with Crippen LogP contribution >= 0.6 is 0 Å². The highest BCUT2D eigenvalue weighted by atomic mass is 32.2. The van der Waals surface area contributed by atoms with Crippen LogP contribution in [0.2, 0.25) is 0 Å². The number of nitrogens with one attached hydrogen (secondary N) is 1. The molecule has 39 heavy (non-hydrogen) atoms. The average Bonchev–Trinajstić information content (AvgIpc) is 2.93. The van der Waals surface area contributed by atoms with E-state index in [0.29, 0.717) is 17.9 Å². The molecule has 0 aromatic heterocycles. The number of nitrogens with zero attached hydrogens (tertiary/aromatic N) is 2. The summed E-state index contributed by atoms with van der Waals surface area (Å²) in [6.45, 7) is 7.18. The van der Waals surface area contributed by atoms with Gasteiger partial charge in [0.05, 0.1) is 17.7 Å². The lowest BCUT2D eigenvalue weighted by Crippen LogP contribution is -2.51. The van der Waals surface area contributed by atoms with E-state index in [9.17, 15) is 18.0 Å². The minimum absolute atomic E-state index is 0.0826. The molecule has 3 rings (SSSR count). The van der Waals surface area contributed by atoms with Crippen molar-refractivity contribution in [3.63, 3.8) is 0 Å². The predicted molar refractivity (Wildman–Crippen MR) is 153 cm³/mol. The van der Waals surface area contributed by atoms with Crippen LogP contribution < -0.4 is 14.4 Å². The van der Waals surface area contributed by atoms with Crippen LogP contribution in [0.5, 0.6) is 5.75 Å². The molecule has 0 fully saturated rings. The van der Waals surface area contributed by atoms with Crippen molar-refractivity contribution in [1.82, 2.24) is 10.2 Å². The molecule has 0 bridgehead atoms. The largest absolute Gasteiger partial charge is 0.497 e. The first kappa shape index (κ1) is 29.7. The molecule has 3 aromatic carbocycles. The van der Waals surface area contributed by atoms with Crippen LogP contribution in [0.25, 0.3) is 0 Å². The Bertz CT molecular complexity index is 1400. The van der Waals surface area contributed by atoms with E-state index in [0.717, 1.165) is 26.6 Å². The maximum Gasteiger partial charge on any atom is 0.264 e. The molecule has 0 saturated carbocycles. The number of benzene rings is 3. The highest BCUT2D eigenvalue weighted by molar-refractivity contribution is 7.92. The molecule has 0 aliphatic rings. The predicted octanol–water partition coefficient (Wildman–Crippen LogP) is 4.37. The lowest BCUT2D eigenvalue weighted by atomic mass is 10.1. The third-order valence-electron chi connectivity index (χ3n) is 6.81. The number of methoxy groups -OCH3 is 1. The first-order chi connectivity index (χ1) is 18.5. The number of ether oxygens (including phenoxy) is 1. The molecule has 1 atom stereocenters. The van der Waals surface area contributed by atoms with Crippen LogP contribution in [0.15, 0.2) is 71.6 Å². The van der Waals surface area contributed by atoms with E-state index in [4.69, 9.17) is 4.74 Å². The second kappa shape index (κ2) is 12.8. The van der Waals surface area contributed by atoms with Crippen molar-refractivity contribution in [1.29, 1.82) is 0 Å². The topological polar surface area (TPSA) is 96.0 Å². The molecular weight excluding hydrogens is 514 g/mol. The van der Waals surface area contributed by atoms with Crippen molar-refractivity contribution in [2.45, 2.75) is 51.6 Å². The minimum atomic E-state index is -4.10. The molecule has 0 aliphatic carbocycles. The summed E-state index contributed by atoms with van der Waals surface area (Å²) in [4.78, 5) is 28.3. The SMILES string of the molecule is CC[C@H](C(=O)NC)N(Cc1ccc(OC)cc1)C(=O)CN(c1ccc(C)c(C)c1)S(=O)(=O)c1ccc(C)cc1. The molecule has 3 aromatic rings. The average molecular weight is 552 g/mol. The number of sulfonamides is 1. The van der Waals surface area contributed by atoms with Gasteiger partial charge in [-0.3, -0.25) is 13.9 Å². The first-order valence-corrected chi connectivity index (χ1v) is 14.3. The van der Waals surface area contributed by atoms with Crippen LogP contribution in [0, 0.1) is 20.8 Å². The van der Waals surface area contributed by atoms with Crippen molar-refractivity contribution in [2.24, 2.45) is 0 Å². The van der Waals surface area contributed by atoms with Gasteiger partial charge in [-0.15, -0.1) is 0 Å². The van der Waals surface area contributed by atoms with Crippen LogP contribution in [0.1, 0.15) is 35.6 Å². The normalized spacial score (nSPS) is 11.9. The van der Waals surface area contributed by atoms with Gasteiger partial charge in [-0.25, -0.2) is 8.42 Å². The molecule has 0 saturated heterocycles. The highest BCUT2D eigenvalue weighted by Gasteiger charge is 2.33. The second-order valence-electron chi connectivity index (χ2n) is 9.50. The molecule has 1 N–H and O–H groups in total. The number of amides is 2. The molecule has 0 heterocycles. The Morgan fingerprint density at radius 2 is 1.56 bits per heavy atom. The number of aryl methyl sites for hydroxylation is 3. The number of carbonyl (C=O) groups is 2. The van der Waals surface area contributed by atoms with Crippen LogP contribution in [-0.4, -0.2) is 51.9 Å². The monoisotopic (exact) mass is 551 g/mol. The summed E-state index contributed by atoms with van der Waals surface area (Å²) in [5.74, 6) is -0.145. The van der Waals surface area contributed by atoms with Crippen LogP contribution in [0.3, 0.4) is 0 Å². The van der Waals surface area contributed by atoms with E-state index in [2.05, 4.69) is 5.32 Å². The molecule has 9 heteroatoms. The molecule has 2 amide bonds. The van der Waals surface area contributed by atoms with E-state index >= 15 is 0 Å². The smallest absolute Gasteiger partial charge is 0.264 e. The molecule has 0 unspecified atom stereocenters. The van der Waals surface area contributed by atoms with Crippen molar-refractivity contribution in [2.75, 3.05) is 25.0 Å². The Hall–Kier alpha value is -3.85. The summed E-state index contributed by atoms with van der Waals surface area (Å²) in [6.07, 6.45) is 0.357. The summed E-state index contributed by atoms with van der Waals surface area (Å²) in [5, 5.41) is 2.63. The van der Waals surface area contributed by atoms with Gasteiger partial charge in [0.2, 0.25) is 11.8 Å². The summed E-state index contributed by atoms with van der Waals surface area (Å²) in [5.41, 5.74) is 3.99. The first-order valence-electron chi connectivity index (χ1n) is 12.8. The lowest BCUT2D eigenvalue weighted by Gasteiger charge is -2.33. The van der Waals surface area contributed by atoms with E-state index < -0.39 is 28.5 Å². The Kier molecular flexibility index (Phi) is 9.75. The third kappa shape index (κ3) is 6.97. The van der Waals surface area contributed by atoms with Gasteiger partial charge in [-0.1, -0.05) is 42.8 Å². The van der Waals surface area contributed by atoms with E-state index in [1.54, 1.807) is 43.5 Å². The third-order valence-corrected chi connectivity index (χ3v) is 8.60. The lowest BCUT2D eigenvalue weighted by molar-refractivity contribution is -0.140. The number of anilines is 1. The zero-order chi connectivity index (χ0) is 28.7. The van der Waals surface area contributed by atoms with Crippen molar-refractivity contribution in [3.05, 3.63) is 89.0 Å². The van der Waals surface area contributed by atoms with Crippen molar-refractivity contribution < 1.29 is 22.7 Å². The second-order valence-corrected chi connectivity index (χ2v) is 11.4. The fourth-order valence-corrected chi connectivity index (χ4v) is 5.67. The number of hydrogen-bond acceptors (Lipinski definition) is 5. The maximum atomic E-state index is 14.0. The van der Waals surface area contributed by atoms with Gasteiger partial charge >= 0.3 is 0 Å².